The Hall–Kier alpha value is -0.935. The molecule has 0 spiro atoms. The van der Waals surface area contributed by atoms with Gasteiger partial charge in [-0.15, -0.1) is 0 Å². The molecule has 0 amide bonds. The first-order valence-corrected chi connectivity index (χ1v) is 2.81. The lowest BCUT2D eigenvalue weighted by Crippen LogP contribution is -2.02. The van der Waals surface area contributed by atoms with Gasteiger partial charge in [-0.3, -0.25) is 0 Å². The molecule has 6 heteroatoms. The van der Waals surface area contributed by atoms with E-state index in [1.807, 2.05) is 19.1 Å². The quantitative estimate of drug-likeness (QED) is 0.322. The van der Waals surface area contributed by atoms with Crippen LogP contribution in [0.15, 0.2) is 22.8 Å². The average Bonchev–Trinajstić information content (AvgIpc) is 2.12. The monoisotopic (exact) mass is 170 g/mol. The number of rotatable bonds is 0. The Bertz CT molecular complexity index is 175. The van der Waals surface area contributed by atoms with Gasteiger partial charge in [0.05, 0.1) is 0 Å². The molecule has 1 aromatic rings. The fourth-order valence-electron chi connectivity index (χ4n) is 0.386. The zero-order valence-corrected chi connectivity index (χ0v) is 5.77. The predicted octanol–water partition coefficient (Wildman–Crippen LogP) is 3.00. The molecule has 0 unspecified atom stereocenters. The number of hydrogen-bond donors (Lipinski definition) is 0. The van der Waals surface area contributed by atoms with Crippen LogP contribution in [-0.2, 0) is 0 Å². The first-order valence-electron chi connectivity index (χ1n) is 2.81. The molecule has 0 saturated carbocycles. The van der Waals surface area contributed by atoms with Gasteiger partial charge in [0, 0.05) is 19.1 Å². The Morgan fingerprint density at radius 2 is 1.73 bits per heavy atom. The molecule has 1 aromatic heterocycles. The van der Waals surface area contributed by atoms with Crippen molar-refractivity contribution in [1.29, 1.82) is 0 Å². The zero-order chi connectivity index (χ0) is 8.91. The molecule has 0 aliphatic carbocycles. The maximum Gasteiger partial charge on any atom is 0.673 e. The minimum Gasteiger partial charge on any atom is -0.555 e. The van der Waals surface area contributed by atoms with Crippen molar-refractivity contribution >= 4 is 7.25 Å². The molecule has 0 atom stereocenters. The minimum atomic E-state index is -6.00. The van der Waals surface area contributed by atoms with Crippen LogP contribution in [0, 0.1) is 6.92 Å². The first kappa shape index (κ1) is 10.1. The van der Waals surface area contributed by atoms with Crippen molar-refractivity contribution in [3.05, 3.63) is 24.2 Å². The zero-order valence-electron chi connectivity index (χ0n) is 5.77. The first-order chi connectivity index (χ1) is 4.89. The van der Waals surface area contributed by atoms with Gasteiger partial charge in [-0.2, -0.15) is 0 Å². The predicted molar refractivity (Wildman–Crippen MR) is 34.7 cm³/mol. The number of aryl methyl sites for hydroxylation is 1. The molecule has 0 aliphatic rings. The molecule has 11 heavy (non-hydrogen) atoms. The Labute approximate surface area is 61.1 Å². The van der Waals surface area contributed by atoms with Gasteiger partial charge in [0.15, 0.2) is 0 Å². The molecular formula is C5H7BF4O. The molecule has 64 valence electrons. The molecule has 0 saturated heterocycles. The van der Waals surface area contributed by atoms with Gasteiger partial charge in [-0.05, 0) is 0 Å². The van der Waals surface area contributed by atoms with Crippen LogP contribution in [0.5, 0.6) is 0 Å². The SMILES string of the molecule is Cc1ccc[oH+]1.F[B-](F)(F)F. The van der Waals surface area contributed by atoms with Crippen molar-refractivity contribution in [1.82, 2.24) is 0 Å². The van der Waals surface area contributed by atoms with E-state index in [1.54, 1.807) is 6.26 Å². The third-order valence-electron chi connectivity index (χ3n) is 0.702. The molecule has 0 aliphatic heterocycles. The van der Waals surface area contributed by atoms with Crippen LogP contribution in [0.4, 0.5) is 17.3 Å². The smallest absolute Gasteiger partial charge is 0.555 e. The van der Waals surface area contributed by atoms with Crippen molar-refractivity contribution in [2.24, 2.45) is 0 Å². The summed E-state index contributed by atoms with van der Waals surface area (Å²) in [6, 6.07) is 3.90. The Balaban J connectivity index is 0.000000187. The molecule has 0 fully saturated rings. The van der Waals surface area contributed by atoms with Crippen molar-refractivity contribution in [3.63, 3.8) is 0 Å². The van der Waals surface area contributed by atoms with E-state index in [1.165, 1.54) is 0 Å². The van der Waals surface area contributed by atoms with Crippen LogP contribution in [0.1, 0.15) is 5.76 Å². The summed E-state index contributed by atoms with van der Waals surface area (Å²) >= 11 is 0. The maximum atomic E-state index is 9.75. The summed E-state index contributed by atoms with van der Waals surface area (Å²) in [7, 11) is -6.00. The highest BCUT2D eigenvalue weighted by atomic mass is 19.5. The largest absolute Gasteiger partial charge is 0.673 e. The van der Waals surface area contributed by atoms with Crippen LogP contribution >= 0.6 is 0 Å². The normalized spacial score (nSPS) is 10.3. The van der Waals surface area contributed by atoms with Crippen LogP contribution in [0.25, 0.3) is 0 Å². The van der Waals surface area contributed by atoms with E-state index in [0.717, 1.165) is 5.76 Å². The second kappa shape index (κ2) is 4.05. The molecule has 1 rings (SSSR count). The number of halogens is 4. The van der Waals surface area contributed by atoms with E-state index >= 15 is 0 Å². The highest BCUT2D eigenvalue weighted by Gasteiger charge is 2.20. The second-order valence-corrected chi connectivity index (χ2v) is 1.77. The summed E-state index contributed by atoms with van der Waals surface area (Å²) in [6.07, 6.45) is 1.79. The minimum absolute atomic E-state index is 1.09. The van der Waals surface area contributed by atoms with Gasteiger partial charge in [-0.1, -0.05) is 0 Å². The molecule has 1 nitrogen and oxygen atoms in total. The molecule has 1 heterocycles. The van der Waals surface area contributed by atoms with E-state index in [9.17, 15) is 17.3 Å². The van der Waals surface area contributed by atoms with E-state index in [-0.39, 0.29) is 0 Å². The Kier molecular flexibility index (Phi) is 3.71. The van der Waals surface area contributed by atoms with Crippen molar-refractivity contribution in [2.75, 3.05) is 0 Å². The van der Waals surface area contributed by atoms with Gasteiger partial charge < -0.3 is 21.7 Å². The van der Waals surface area contributed by atoms with E-state index in [4.69, 9.17) is 0 Å². The lowest BCUT2D eigenvalue weighted by atomic mass is 10.3. The van der Waals surface area contributed by atoms with Gasteiger partial charge in [0.2, 0.25) is 12.0 Å². The fraction of sp³-hybridized carbons (Fsp3) is 0.200. The fourth-order valence-corrected chi connectivity index (χ4v) is 0.386. The van der Waals surface area contributed by atoms with Gasteiger partial charge in [0.25, 0.3) is 0 Å². The number of furan rings is 1. The van der Waals surface area contributed by atoms with E-state index < -0.39 is 7.25 Å². The molecule has 1 N–H and O–H groups in total. The van der Waals surface area contributed by atoms with Crippen molar-refractivity contribution in [3.8, 4) is 0 Å². The van der Waals surface area contributed by atoms with Crippen LogP contribution in [-0.4, -0.2) is 7.25 Å². The lowest BCUT2D eigenvalue weighted by Gasteiger charge is -1.94. The van der Waals surface area contributed by atoms with Gasteiger partial charge >= 0.3 is 7.25 Å². The summed E-state index contributed by atoms with van der Waals surface area (Å²) in [6.45, 7) is 1.97. The third-order valence-corrected chi connectivity index (χ3v) is 0.702. The lowest BCUT2D eigenvalue weighted by molar-refractivity contribution is 0.368. The topological polar surface area (TPSA) is 12.8 Å². The van der Waals surface area contributed by atoms with Gasteiger partial charge in [-0.25, -0.2) is 0 Å². The average molecular weight is 170 g/mol. The Morgan fingerprint density at radius 1 is 1.27 bits per heavy atom. The summed E-state index contributed by atoms with van der Waals surface area (Å²) in [5.41, 5.74) is 0. The third kappa shape index (κ3) is 12.3. The summed E-state index contributed by atoms with van der Waals surface area (Å²) in [5.74, 6) is 1.09. The van der Waals surface area contributed by atoms with Crippen LogP contribution in [0.3, 0.4) is 0 Å². The van der Waals surface area contributed by atoms with Crippen molar-refractivity contribution in [2.45, 2.75) is 6.92 Å². The second-order valence-electron chi connectivity index (χ2n) is 1.77. The van der Waals surface area contributed by atoms with Crippen LogP contribution < -0.4 is 0 Å². The molecular weight excluding hydrogens is 163 g/mol. The Morgan fingerprint density at radius 3 is 1.82 bits per heavy atom. The standard InChI is InChI=1S/C5H6O.BF4/c1-5-3-2-4-6-5;2-1(3,4)5/h2-4H,1H3;/q;-1/p+1. The van der Waals surface area contributed by atoms with Crippen LogP contribution in [0.2, 0.25) is 0 Å². The highest BCUT2D eigenvalue weighted by Crippen LogP contribution is 2.06. The summed E-state index contributed by atoms with van der Waals surface area (Å²) in [5, 5.41) is 0. The number of hydrogen-bond acceptors (Lipinski definition) is 0. The summed E-state index contributed by atoms with van der Waals surface area (Å²) in [4.78, 5) is 0. The molecule has 0 bridgehead atoms. The van der Waals surface area contributed by atoms with E-state index in [0.29, 0.717) is 0 Å². The maximum absolute atomic E-state index is 9.75. The highest BCUT2D eigenvalue weighted by molar-refractivity contribution is 6.50. The van der Waals surface area contributed by atoms with Gasteiger partial charge in [0.1, 0.15) is 0 Å². The summed E-state index contributed by atoms with van der Waals surface area (Å²) < 4.78 is 42.9. The molecule has 0 radical (unpaired) electrons. The van der Waals surface area contributed by atoms with Crippen molar-refractivity contribution < 1.29 is 21.7 Å². The molecule has 0 aromatic carbocycles. The van der Waals surface area contributed by atoms with E-state index in [2.05, 4.69) is 4.42 Å².